The molecule has 0 fully saturated rings. The first-order valence-corrected chi connectivity index (χ1v) is 5.58. The number of hydrogen-bond donors (Lipinski definition) is 1. The maximum atomic E-state index is 12.4. The number of nitrogens with two attached hydrogens (primary N) is 1. The van der Waals surface area contributed by atoms with E-state index in [1.165, 1.54) is 0 Å². The van der Waals surface area contributed by atoms with Gasteiger partial charge in [0.25, 0.3) is 0 Å². The van der Waals surface area contributed by atoms with E-state index in [4.69, 9.17) is 5.14 Å². The van der Waals surface area contributed by atoms with Crippen LogP contribution in [0.3, 0.4) is 0 Å². The van der Waals surface area contributed by atoms with Gasteiger partial charge in [0, 0.05) is 5.92 Å². The fraction of sp³-hybridized carbons (Fsp3) is 0.429. The monoisotopic (exact) mass is 219 g/mol. The van der Waals surface area contributed by atoms with Gasteiger partial charge in [0.2, 0.25) is 10.0 Å². The third-order valence-corrected chi connectivity index (χ3v) is 2.53. The van der Waals surface area contributed by atoms with E-state index in [9.17, 15) is 12.8 Å². The van der Waals surface area contributed by atoms with Crippen molar-refractivity contribution in [1.29, 1.82) is 0 Å². The molecular weight excluding hydrogens is 209 g/mol. The minimum Gasteiger partial charge on any atom is -0.238 e. The van der Waals surface area contributed by atoms with E-state index < -0.39 is 21.8 Å². The van der Waals surface area contributed by atoms with Crippen molar-refractivity contribution in [2.75, 3.05) is 5.75 Å². The highest BCUT2D eigenvalue weighted by atomic mass is 32.2. The first kappa shape index (κ1) is 11.0. The molecule has 1 rings (SSSR count). The molecule has 78 valence electrons. The maximum Gasteiger partial charge on any atom is 0.209 e. The van der Waals surface area contributed by atoms with E-state index in [1.54, 1.807) is 6.92 Å². The SMILES string of the molecule is C[C@H](CS(N)(=O)=O)c1ncc(F)cn1. The molecule has 1 heterocycles. The van der Waals surface area contributed by atoms with Gasteiger partial charge in [-0.05, 0) is 0 Å². The standard InChI is InChI=1S/C7H10FN3O2S/c1-5(4-14(9,12)13)7-10-2-6(8)3-11-7/h2-3,5H,4H2,1H3,(H2,9,12,13)/t5-/m1/s1. The Kier molecular flexibility index (Phi) is 3.12. The summed E-state index contributed by atoms with van der Waals surface area (Å²) < 4.78 is 33.9. The third-order valence-electron chi connectivity index (χ3n) is 1.56. The maximum absolute atomic E-state index is 12.4. The molecule has 0 bridgehead atoms. The van der Waals surface area contributed by atoms with Crippen LogP contribution >= 0.6 is 0 Å². The van der Waals surface area contributed by atoms with Crippen LogP contribution in [0.2, 0.25) is 0 Å². The summed E-state index contributed by atoms with van der Waals surface area (Å²) >= 11 is 0. The van der Waals surface area contributed by atoms with Gasteiger partial charge in [-0.2, -0.15) is 0 Å². The molecule has 0 aliphatic heterocycles. The Labute approximate surface area is 81.2 Å². The van der Waals surface area contributed by atoms with Gasteiger partial charge in [-0.1, -0.05) is 6.92 Å². The fourth-order valence-corrected chi connectivity index (χ4v) is 1.85. The molecule has 0 amide bonds. The molecule has 14 heavy (non-hydrogen) atoms. The van der Waals surface area contributed by atoms with Crippen LogP contribution in [0.5, 0.6) is 0 Å². The quantitative estimate of drug-likeness (QED) is 0.775. The van der Waals surface area contributed by atoms with Crippen molar-refractivity contribution in [3.8, 4) is 0 Å². The van der Waals surface area contributed by atoms with Crippen molar-refractivity contribution in [1.82, 2.24) is 9.97 Å². The highest BCUT2D eigenvalue weighted by molar-refractivity contribution is 7.89. The van der Waals surface area contributed by atoms with Gasteiger partial charge >= 0.3 is 0 Å². The Morgan fingerprint density at radius 3 is 2.43 bits per heavy atom. The number of sulfonamides is 1. The van der Waals surface area contributed by atoms with Gasteiger partial charge in [0.05, 0.1) is 18.1 Å². The molecule has 0 aromatic carbocycles. The summed E-state index contributed by atoms with van der Waals surface area (Å²) in [7, 11) is -3.56. The molecule has 0 aliphatic rings. The summed E-state index contributed by atoms with van der Waals surface area (Å²) in [6, 6.07) is 0. The molecular formula is C7H10FN3O2S. The zero-order chi connectivity index (χ0) is 10.8. The van der Waals surface area contributed by atoms with E-state index in [1.807, 2.05) is 0 Å². The van der Waals surface area contributed by atoms with Gasteiger partial charge in [-0.3, -0.25) is 0 Å². The Hall–Kier alpha value is -1.08. The highest BCUT2D eigenvalue weighted by Crippen LogP contribution is 2.10. The number of aromatic nitrogens is 2. The predicted octanol–water partition coefficient (Wildman–Crippen LogP) is 0.00770. The van der Waals surface area contributed by atoms with Crippen molar-refractivity contribution in [3.63, 3.8) is 0 Å². The summed E-state index contributed by atoms with van der Waals surface area (Å²) in [6.45, 7) is 1.61. The van der Waals surface area contributed by atoms with Crippen LogP contribution in [-0.2, 0) is 10.0 Å². The lowest BCUT2D eigenvalue weighted by molar-refractivity contribution is 0.585. The Bertz CT molecular complexity index is 403. The fourth-order valence-electron chi connectivity index (χ4n) is 1.000. The Morgan fingerprint density at radius 1 is 1.50 bits per heavy atom. The summed E-state index contributed by atoms with van der Waals surface area (Å²) in [5.41, 5.74) is 0. The molecule has 0 unspecified atom stereocenters. The van der Waals surface area contributed by atoms with Crippen LogP contribution in [0.4, 0.5) is 4.39 Å². The molecule has 0 aliphatic carbocycles. The lowest BCUT2D eigenvalue weighted by atomic mass is 10.2. The second kappa shape index (κ2) is 3.97. The molecule has 1 aromatic heterocycles. The van der Waals surface area contributed by atoms with Crippen LogP contribution in [0.25, 0.3) is 0 Å². The summed E-state index contributed by atoms with van der Waals surface area (Å²) in [5, 5.41) is 4.85. The number of halogens is 1. The topological polar surface area (TPSA) is 85.9 Å². The normalized spacial score (nSPS) is 13.9. The number of nitrogens with zero attached hydrogens (tertiary/aromatic N) is 2. The van der Waals surface area contributed by atoms with E-state index in [0.717, 1.165) is 12.4 Å². The molecule has 7 heteroatoms. The molecule has 1 atom stereocenters. The predicted molar refractivity (Wildman–Crippen MR) is 48.4 cm³/mol. The van der Waals surface area contributed by atoms with Crippen LogP contribution in [0.15, 0.2) is 12.4 Å². The van der Waals surface area contributed by atoms with Crippen molar-refractivity contribution in [3.05, 3.63) is 24.0 Å². The van der Waals surface area contributed by atoms with Gasteiger partial charge in [0.15, 0.2) is 5.82 Å². The summed E-state index contributed by atoms with van der Waals surface area (Å²) in [4.78, 5) is 7.31. The van der Waals surface area contributed by atoms with Crippen molar-refractivity contribution in [2.45, 2.75) is 12.8 Å². The highest BCUT2D eigenvalue weighted by Gasteiger charge is 2.15. The number of primary sulfonamides is 1. The lowest BCUT2D eigenvalue weighted by Crippen LogP contribution is -2.21. The van der Waals surface area contributed by atoms with E-state index in [0.29, 0.717) is 0 Å². The average Bonchev–Trinajstić information content (AvgIpc) is 2.02. The first-order chi connectivity index (χ1) is 6.38. The second-order valence-electron chi connectivity index (χ2n) is 2.99. The van der Waals surface area contributed by atoms with Crippen LogP contribution in [-0.4, -0.2) is 24.1 Å². The van der Waals surface area contributed by atoms with Gasteiger partial charge < -0.3 is 0 Å². The zero-order valence-electron chi connectivity index (χ0n) is 7.51. The summed E-state index contributed by atoms with van der Waals surface area (Å²) in [5.74, 6) is -0.985. The molecule has 2 N–H and O–H groups in total. The van der Waals surface area contributed by atoms with E-state index >= 15 is 0 Å². The van der Waals surface area contributed by atoms with Gasteiger partial charge in [-0.25, -0.2) is 27.9 Å². The minimum absolute atomic E-state index is 0.251. The average molecular weight is 219 g/mol. The van der Waals surface area contributed by atoms with E-state index in [2.05, 4.69) is 9.97 Å². The molecule has 0 saturated heterocycles. The Balaban J connectivity index is 2.80. The smallest absolute Gasteiger partial charge is 0.209 e. The molecule has 0 radical (unpaired) electrons. The molecule has 0 saturated carbocycles. The van der Waals surface area contributed by atoms with Crippen LogP contribution in [0, 0.1) is 5.82 Å². The van der Waals surface area contributed by atoms with Crippen molar-refractivity contribution in [2.24, 2.45) is 5.14 Å². The zero-order valence-corrected chi connectivity index (χ0v) is 8.33. The van der Waals surface area contributed by atoms with Crippen molar-refractivity contribution < 1.29 is 12.8 Å². The molecule has 5 nitrogen and oxygen atoms in total. The third kappa shape index (κ3) is 3.35. The Morgan fingerprint density at radius 2 is 2.00 bits per heavy atom. The van der Waals surface area contributed by atoms with Gasteiger partial charge in [-0.15, -0.1) is 0 Å². The first-order valence-electron chi connectivity index (χ1n) is 3.86. The number of rotatable bonds is 3. The second-order valence-corrected chi connectivity index (χ2v) is 4.65. The largest absolute Gasteiger partial charge is 0.238 e. The summed E-state index contributed by atoms with van der Waals surface area (Å²) in [6.07, 6.45) is 1.98. The van der Waals surface area contributed by atoms with Crippen molar-refractivity contribution >= 4 is 10.0 Å². The van der Waals surface area contributed by atoms with E-state index in [-0.39, 0.29) is 11.6 Å². The minimum atomic E-state index is -3.56. The molecule has 1 aromatic rings. The molecule has 0 spiro atoms. The van der Waals surface area contributed by atoms with Crippen LogP contribution < -0.4 is 5.14 Å². The number of hydrogen-bond acceptors (Lipinski definition) is 4. The van der Waals surface area contributed by atoms with Gasteiger partial charge in [0.1, 0.15) is 5.82 Å². The van der Waals surface area contributed by atoms with Crippen LogP contribution in [0.1, 0.15) is 18.7 Å². The lowest BCUT2D eigenvalue weighted by Gasteiger charge is -2.07.